The van der Waals surface area contributed by atoms with Crippen molar-refractivity contribution in [1.29, 1.82) is 0 Å². The van der Waals surface area contributed by atoms with Crippen molar-refractivity contribution in [3.05, 3.63) is 93.5 Å². The van der Waals surface area contributed by atoms with Gasteiger partial charge in [-0.1, -0.05) is 42.6 Å². The Labute approximate surface area is 310 Å². The minimum absolute atomic E-state index is 0.00346. The number of carbonyl (C=O) groups is 3. The fraction of sp³-hybridized carbons (Fsp3) is 0.405. The number of alkyl halides is 3. The van der Waals surface area contributed by atoms with Crippen LogP contribution in [0.25, 0.3) is 0 Å². The molecular weight excluding hydrogens is 717 g/mol. The molecule has 280 valence electrons. The molecule has 0 bridgehead atoms. The van der Waals surface area contributed by atoms with Gasteiger partial charge >= 0.3 is 12.1 Å². The third kappa shape index (κ3) is 12.5. The summed E-state index contributed by atoms with van der Waals surface area (Å²) in [7, 11) is 0. The van der Waals surface area contributed by atoms with Gasteiger partial charge in [0.1, 0.15) is 6.04 Å². The van der Waals surface area contributed by atoms with Gasteiger partial charge in [0, 0.05) is 36.1 Å². The molecular formula is C37H44ClF3N6O4S. The van der Waals surface area contributed by atoms with Crippen molar-refractivity contribution in [2.45, 2.75) is 75.4 Å². The van der Waals surface area contributed by atoms with E-state index in [1.54, 1.807) is 42.1 Å². The number of amides is 2. The van der Waals surface area contributed by atoms with Crippen LogP contribution in [0.2, 0.25) is 5.02 Å². The van der Waals surface area contributed by atoms with Gasteiger partial charge in [-0.3, -0.25) is 14.4 Å². The highest BCUT2D eigenvalue weighted by Crippen LogP contribution is 2.35. The number of piperidine rings is 1. The summed E-state index contributed by atoms with van der Waals surface area (Å²) in [5, 5.41) is 15.2. The van der Waals surface area contributed by atoms with Crippen LogP contribution in [0.15, 0.2) is 65.8 Å². The van der Waals surface area contributed by atoms with Gasteiger partial charge < -0.3 is 26.8 Å². The molecule has 1 fully saturated rings. The lowest BCUT2D eigenvalue weighted by Gasteiger charge is -2.29. The van der Waals surface area contributed by atoms with E-state index < -0.39 is 40.6 Å². The van der Waals surface area contributed by atoms with E-state index in [1.165, 1.54) is 6.07 Å². The molecule has 4 rings (SSSR count). The SMILES string of the molecule is NC(CCCC[C@H](N)C(=O)O)CCSCc1cccc(C(=O)Nc2ccc(N3CCCCC3)cc2C(=O)N/N=C/c2ccc(Cl)c(C(F)(F)F)c2)c1. The smallest absolute Gasteiger partial charge is 0.417 e. The van der Waals surface area contributed by atoms with Gasteiger partial charge in [-0.05, 0) is 97.9 Å². The highest BCUT2D eigenvalue weighted by Gasteiger charge is 2.33. The quantitative estimate of drug-likeness (QED) is 0.0544. The Kier molecular flexibility index (Phi) is 15.4. The maximum atomic E-state index is 13.4. The lowest BCUT2D eigenvalue weighted by molar-refractivity contribution is -0.139. The first-order valence-corrected chi connectivity index (χ1v) is 18.7. The minimum Gasteiger partial charge on any atom is -0.480 e. The number of hydrogen-bond donors (Lipinski definition) is 5. The summed E-state index contributed by atoms with van der Waals surface area (Å²) in [5.74, 6) is -0.580. The van der Waals surface area contributed by atoms with Crippen LogP contribution in [0, 0.1) is 0 Å². The van der Waals surface area contributed by atoms with Gasteiger partial charge in [-0.25, -0.2) is 5.43 Å². The van der Waals surface area contributed by atoms with Crippen LogP contribution < -0.4 is 27.1 Å². The summed E-state index contributed by atoms with van der Waals surface area (Å²) >= 11 is 7.41. The van der Waals surface area contributed by atoms with Crippen molar-refractivity contribution in [2.75, 3.05) is 29.1 Å². The maximum absolute atomic E-state index is 13.4. The van der Waals surface area contributed by atoms with Crippen LogP contribution in [0.4, 0.5) is 24.5 Å². The number of carboxylic acid groups (broad SMARTS) is 1. The Morgan fingerprint density at radius 1 is 0.962 bits per heavy atom. The number of carboxylic acids is 1. The Morgan fingerprint density at radius 3 is 2.44 bits per heavy atom. The number of unbranched alkanes of at least 4 members (excludes halogenated alkanes) is 1. The second-order valence-corrected chi connectivity index (χ2v) is 14.2. The van der Waals surface area contributed by atoms with Crippen LogP contribution in [0.1, 0.15) is 88.8 Å². The van der Waals surface area contributed by atoms with E-state index in [0.717, 1.165) is 87.0 Å². The number of aliphatic carboxylic acids is 1. The van der Waals surface area contributed by atoms with E-state index in [1.807, 2.05) is 12.1 Å². The predicted octanol–water partition coefficient (Wildman–Crippen LogP) is 7.29. The third-order valence-electron chi connectivity index (χ3n) is 8.64. The van der Waals surface area contributed by atoms with E-state index >= 15 is 0 Å². The largest absolute Gasteiger partial charge is 0.480 e. The lowest BCUT2D eigenvalue weighted by atomic mass is 10.0. The molecule has 0 aliphatic carbocycles. The van der Waals surface area contributed by atoms with Gasteiger partial charge in [0.25, 0.3) is 11.8 Å². The van der Waals surface area contributed by atoms with Crippen LogP contribution in [0.5, 0.6) is 0 Å². The van der Waals surface area contributed by atoms with Gasteiger partial charge in [-0.2, -0.15) is 30.0 Å². The van der Waals surface area contributed by atoms with Crippen LogP contribution >= 0.6 is 23.4 Å². The van der Waals surface area contributed by atoms with Crippen molar-refractivity contribution >= 4 is 58.7 Å². The molecule has 7 N–H and O–H groups in total. The number of hydrogen-bond acceptors (Lipinski definition) is 8. The zero-order valence-corrected chi connectivity index (χ0v) is 30.2. The Bertz CT molecular complexity index is 1720. The van der Waals surface area contributed by atoms with E-state index in [-0.39, 0.29) is 22.9 Å². The first kappa shape index (κ1) is 40.7. The normalized spacial score (nSPS) is 14.6. The van der Waals surface area contributed by atoms with Crippen molar-refractivity contribution in [3.8, 4) is 0 Å². The number of thioether (sulfide) groups is 1. The monoisotopic (exact) mass is 760 g/mol. The molecule has 2 atom stereocenters. The molecule has 1 heterocycles. The summed E-state index contributed by atoms with van der Waals surface area (Å²) in [5.41, 5.74) is 15.8. The zero-order chi connectivity index (χ0) is 37.7. The molecule has 15 heteroatoms. The van der Waals surface area contributed by atoms with Gasteiger partial charge in [-0.15, -0.1) is 0 Å². The Morgan fingerprint density at radius 2 is 1.71 bits per heavy atom. The van der Waals surface area contributed by atoms with Crippen molar-refractivity contribution in [1.82, 2.24) is 5.43 Å². The van der Waals surface area contributed by atoms with Gasteiger partial charge in [0.15, 0.2) is 0 Å². The van der Waals surface area contributed by atoms with Crippen molar-refractivity contribution in [2.24, 2.45) is 16.6 Å². The number of nitrogens with one attached hydrogen (secondary N) is 2. The Balaban J connectivity index is 1.38. The molecule has 52 heavy (non-hydrogen) atoms. The zero-order valence-electron chi connectivity index (χ0n) is 28.6. The summed E-state index contributed by atoms with van der Waals surface area (Å²) in [4.78, 5) is 39.9. The predicted molar refractivity (Wildman–Crippen MR) is 201 cm³/mol. The van der Waals surface area contributed by atoms with Gasteiger partial charge in [0.2, 0.25) is 0 Å². The number of hydrazone groups is 1. The highest BCUT2D eigenvalue weighted by atomic mass is 35.5. The maximum Gasteiger partial charge on any atom is 0.417 e. The number of rotatable bonds is 17. The van der Waals surface area contributed by atoms with Crippen molar-refractivity contribution in [3.63, 3.8) is 0 Å². The molecule has 10 nitrogen and oxygen atoms in total. The van der Waals surface area contributed by atoms with E-state index in [2.05, 4.69) is 20.7 Å². The van der Waals surface area contributed by atoms with Crippen molar-refractivity contribution < 1.29 is 32.7 Å². The average molecular weight is 761 g/mol. The summed E-state index contributed by atoms with van der Waals surface area (Å²) in [6, 6.07) is 14.9. The molecule has 0 saturated carbocycles. The molecule has 0 spiro atoms. The van der Waals surface area contributed by atoms with Gasteiger partial charge in [0.05, 0.1) is 28.1 Å². The van der Waals surface area contributed by atoms with E-state index in [4.69, 9.17) is 28.2 Å². The van der Waals surface area contributed by atoms with Crippen LogP contribution in [0.3, 0.4) is 0 Å². The first-order chi connectivity index (χ1) is 24.8. The average Bonchev–Trinajstić information content (AvgIpc) is 3.12. The molecule has 1 unspecified atom stereocenters. The number of carbonyl (C=O) groups excluding carboxylic acids is 2. The number of benzene rings is 3. The third-order valence-corrected chi connectivity index (χ3v) is 10.0. The fourth-order valence-corrected chi connectivity index (χ4v) is 6.96. The first-order valence-electron chi connectivity index (χ1n) is 17.1. The number of nitrogens with zero attached hydrogens (tertiary/aromatic N) is 2. The molecule has 3 aromatic rings. The number of nitrogens with two attached hydrogens (primary N) is 2. The molecule has 1 aliphatic rings. The molecule has 0 radical (unpaired) electrons. The molecule has 1 aliphatic heterocycles. The highest BCUT2D eigenvalue weighted by molar-refractivity contribution is 7.98. The lowest BCUT2D eigenvalue weighted by Crippen LogP contribution is -2.30. The fourth-order valence-electron chi connectivity index (χ4n) is 5.70. The van der Waals surface area contributed by atoms with Crippen LogP contribution in [-0.2, 0) is 16.7 Å². The minimum atomic E-state index is -4.65. The molecule has 1 saturated heterocycles. The topological polar surface area (TPSA) is 163 Å². The Hall–Kier alpha value is -4.11. The van der Waals surface area contributed by atoms with E-state index in [0.29, 0.717) is 24.2 Å². The molecule has 0 aromatic heterocycles. The van der Waals surface area contributed by atoms with E-state index in [9.17, 15) is 27.6 Å². The summed E-state index contributed by atoms with van der Waals surface area (Å²) in [6.07, 6.45) is 3.13. The summed E-state index contributed by atoms with van der Waals surface area (Å²) < 4.78 is 39.9. The standard InChI is InChI=1S/C37H44ClF3N6O4S/c38-31-13-11-24(20-30(31)37(39,40)41)22-44-46-35(49)29-21-28(47-16-4-1-5-17-47)12-14-33(29)45-34(48)26-8-6-7-25(19-26)23-52-18-15-27(42)9-2-3-10-32(43)36(50)51/h6-8,11-14,19-22,27,32H,1-5,9-10,15-18,23,42-43H2,(H,45,48)(H,46,49)(H,50,51)/b44-22+/t27?,32-/m0/s1. The summed E-state index contributed by atoms with van der Waals surface area (Å²) in [6.45, 7) is 1.65. The molecule has 2 amide bonds. The number of halogens is 4. The number of anilines is 2. The van der Waals surface area contributed by atoms with Crippen LogP contribution in [-0.4, -0.2) is 60.0 Å². The second-order valence-electron chi connectivity index (χ2n) is 12.7. The second kappa shape index (κ2) is 19.6. The molecule has 3 aromatic carbocycles.